The number of fused-ring (bicyclic) bond motifs is 2. The van der Waals surface area contributed by atoms with Gasteiger partial charge in [-0.05, 0) is 110 Å². The molecule has 4 aromatic rings. The summed E-state index contributed by atoms with van der Waals surface area (Å²) in [6, 6.07) is 5.05. The highest BCUT2D eigenvalue weighted by Crippen LogP contribution is 2.49. The first-order valence-corrected chi connectivity index (χ1v) is 19.1. The molecule has 0 bridgehead atoms. The van der Waals surface area contributed by atoms with E-state index in [0.717, 1.165) is 49.1 Å². The summed E-state index contributed by atoms with van der Waals surface area (Å²) in [5.74, 6) is -0.503. The molecule has 0 spiro atoms. The summed E-state index contributed by atoms with van der Waals surface area (Å²) in [7, 11) is 2.06. The van der Waals surface area contributed by atoms with Gasteiger partial charge in [0.15, 0.2) is 10.9 Å². The lowest BCUT2D eigenvalue weighted by atomic mass is 9.93. The van der Waals surface area contributed by atoms with Crippen molar-refractivity contribution < 1.29 is 32.6 Å². The molecule has 53 heavy (non-hydrogen) atoms. The summed E-state index contributed by atoms with van der Waals surface area (Å²) in [5, 5.41) is 3.28. The SMILES string of the molecule is CN1CCCC1COc1nc(N2CCN(C(=O)OC(C)(C)C)CC2)c2cc(C3CC3)c(-c3ccc(F)c4sc(NC(=O)OC(C)(C)C)nc34)c(F)c2n1. The molecule has 0 radical (unpaired) electrons. The summed E-state index contributed by atoms with van der Waals surface area (Å²) < 4.78 is 50.1. The van der Waals surface area contributed by atoms with Crippen molar-refractivity contribution in [3.05, 3.63) is 35.4 Å². The number of halogens is 2. The van der Waals surface area contributed by atoms with Gasteiger partial charge >= 0.3 is 18.2 Å². The molecule has 2 saturated heterocycles. The molecular weight excluding hydrogens is 705 g/mol. The second kappa shape index (κ2) is 14.1. The number of likely N-dealkylation sites (N-methyl/N-ethyl adjacent to an activating group) is 1. The van der Waals surface area contributed by atoms with E-state index in [1.165, 1.54) is 12.1 Å². The maximum Gasteiger partial charge on any atom is 0.413 e. The standard InChI is InChI=1S/C38H47F2N7O5S/c1-37(2,3)51-35(48)44-34-42-30-23(12-13-26(39)31(30)53-34)27-24(21-10-11-21)19-25-29(28(27)40)41-33(50-20-22-9-8-14-45(22)7)43-32(25)46-15-17-47(18-16-46)36(49)52-38(4,5)6/h12-13,19,21-22H,8-11,14-18,20H2,1-7H3,(H,42,44,48). The van der Waals surface area contributed by atoms with Gasteiger partial charge in [0, 0.05) is 48.7 Å². The number of nitrogens with one attached hydrogen (secondary N) is 1. The Labute approximate surface area is 311 Å². The Kier molecular flexibility index (Phi) is 9.85. The van der Waals surface area contributed by atoms with Crippen LogP contribution in [0.25, 0.3) is 32.2 Å². The molecule has 2 aliphatic heterocycles. The number of nitrogens with zero attached hydrogens (tertiary/aromatic N) is 6. The molecule has 12 nitrogen and oxygen atoms in total. The Morgan fingerprint density at radius 3 is 2.28 bits per heavy atom. The lowest BCUT2D eigenvalue weighted by Gasteiger charge is -2.36. The lowest BCUT2D eigenvalue weighted by Crippen LogP contribution is -2.50. The first kappa shape index (κ1) is 37.0. The Morgan fingerprint density at radius 1 is 0.925 bits per heavy atom. The van der Waals surface area contributed by atoms with Crippen molar-refractivity contribution in [1.29, 1.82) is 0 Å². The van der Waals surface area contributed by atoms with Crippen LogP contribution in [0.1, 0.15) is 78.7 Å². The topological polar surface area (TPSA) is 122 Å². The molecule has 4 heterocycles. The van der Waals surface area contributed by atoms with Crippen LogP contribution < -0.4 is 15.0 Å². The number of piperazine rings is 1. The van der Waals surface area contributed by atoms with E-state index >= 15 is 8.78 Å². The molecule has 1 N–H and O–H groups in total. The summed E-state index contributed by atoms with van der Waals surface area (Å²) in [6.45, 7) is 13.8. The third-order valence-corrected chi connectivity index (χ3v) is 10.6. The van der Waals surface area contributed by atoms with Crippen LogP contribution >= 0.6 is 11.3 Å². The van der Waals surface area contributed by atoms with Gasteiger partial charge in [-0.2, -0.15) is 9.97 Å². The largest absolute Gasteiger partial charge is 0.462 e. The lowest BCUT2D eigenvalue weighted by molar-refractivity contribution is 0.0240. The number of ether oxygens (including phenoxy) is 3. The number of aromatic nitrogens is 3. The molecule has 2 aromatic heterocycles. The van der Waals surface area contributed by atoms with Crippen LogP contribution in [0.5, 0.6) is 6.01 Å². The number of carbonyl (C=O) groups excluding carboxylic acids is 2. The normalized spacial score (nSPS) is 18.5. The number of thiazole rings is 1. The highest BCUT2D eigenvalue weighted by molar-refractivity contribution is 7.22. The fourth-order valence-corrected chi connectivity index (χ4v) is 7.80. The molecular formula is C38H47F2N7O5S. The molecule has 1 atom stereocenters. The summed E-state index contributed by atoms with van der Waals surface area (Å²) in [5.41, 5.74) is 0.407. The summed E-state index contributed by atoms with van der Waals surface area (Å²) in [6.07, 6.45) is 2.68. The predicted molar refractivity (Wildman–Crippen MR) is 201 cm³/mol. The van der Waals surface area contributed by atoms with E-state index in [1.54, 1.807) is 25.7 Å². The molecule has 3 fully saturated rings. The van der Waals surface area contributed by atoms with Crippen LogP contribution in [0.15, 0.2) is 18.2 Å². The van der Waals surface area contributed by atoms with Gasteiger partial charge in [-0.25, -0.2) is 23.4 Å². The van der Waals surface area contributed by atoms with Crippen LogP contribution in [0.3, 0.4) is 0 Å². The number of amides is 2. The van der Waals surface area contributed by atoms with E-state index in [-0.39, 0.29) is 44.9 Å². The third kappa shape index (κ3) is 8.10. The van der Waals surface area contributed by atoms with Gasteiger partial charge in [0.25, 0.3) is 0 Å². The van der Waals surface area contributed by atoms with Gasteiger partial charge in [0.1, 0.15) is 35.0 Å². The zero-order chi connectivity index (χ0) is 37.8. The highest BCUT2D eigenvalue weighted by Gasteiger charge is 2.34. The van der Waals surface area contributed by atoms with Crippen LogP contribution in [0.2, 0.25) is 0 Å². The second-order valence-electron chi connectivity index (χ2n) is 16.1. The van der Waals surface area contributed by atoms with E-state index in [1.807, 2.05) is 31.7 Å². The van der Waals surface area contributed by atoms with Crippen molar-refractivity contribution in [2.24, 2.45) is 0 Å². The zero-order valence-electron chi connectivity index (χ0n) is 31.3. The number of carbonyl (C=O) groups is 2. The van der Waals surface area contributed by atoms with Crippen molar-refractivity contribution >= 4 is 55.6 Å². The van der Waals surface area contributed by atoms with Gasteiger partial charge in [0.05, 0.1) is 10.2 Å². The first-order chi connectivity index (χ1) is 25.0. The number of likely N-dealkylation sites (tertiary alicyclic amines) is 1. The van der Waals surface area contributed by atoms with Crippen molar-refractivity contribution in [3.8, 4) is 17.1 Å². The van der Waals surface area contributed by atoms with Crippen LogP contribution in [0.4, 0.5) is 29.3 Å². The quantitative estimate of drug-likeness (QED) is 0.199. The molecule has 15 heteroatoms. The summed E-state index contributed by atoms with van der Waals surface area (Å²) >= 11 is 0.960. The molecule has 1 aliphatic carbocycles. The van der Waals surface area contributed by atoms with Gasteiger partial charge in [-0.15, -0.1) is 0 Å². The average molecular weight is 752 g/mol. The Balaban J connectivity index is 1.31. The number of benzene rings is 2. The molecule has 1 saturated carbocycles. The Hall–Kier alpha value is -4.37. The maximum absolute atomic E-state index is 17.4. The second-order valence-corrected chi connectivity index (χ2v) is 17.1. The summed E-state index contributed by atoms with van der Waals surface area (Å²) in [4.78, 5) is 45.5. The van der Waals surface area contributed by atoms with Crippen molar-refractivity contribution in [1.82, 2.24) is 24.8 Å². The molecule has 3 aliphatic rings. The minimum absolute atomic E-state index is 0.0631. The van der Waals surface area contributed by atoms with Crippen molar-refractivity contribution in [3.63, 3.8) is 0 Å². The Bertz CT molecular complexity index is 2050. The molecule has 2 amide bonds. The molecule has 2 aromatic carbocycles. The number of hydrogen-bond acceptors (Lipinski definition) is 11. The maximum atomic E-state index is 17.4. The monoisotopic (exact) mass is 751 g/mol. The predicted octanol–water partition coefficient (Wildman–Crippen LogP) is 7.94. The fraction of sp³-hybridized carbons (Fsp3) is 0.553. The highest BCUT2D eigenvalue weighted by atomic mass is 32.1. The van der Waals surface area contributed by atoms with Crippen LogP contribution in [0, 0.1) is 11.6 Å². The Morgan fingerprint density at radius 2 is 1.64 bits per heavy atom. The molecule has 284 valence electrons. The van der Waals surface area contributed by atoms with Gasteiger partial charge in [-0.1, -0.05) is 11.3 Å². The third-order valence-electron chi connectivity index (χ3n) is 9.62. The fourth-order valence-electron chi connectivity index (χ4n) is 6.92. The van der Waals surface area contributed by atoms with Crippen LogP contribution in [-0.2, 0) is 9.47 Å². The van der Waals surface area contributed by atoms with Crippen molar-refractivity contribution in [2.75, 3.05) is 56.6 Å². The smallest absolute Gasteiger partial charge is 0.413 e. The first-order valence-electron chi connectivity index (χ1n) is 18.2. The minimum Gasteiger partial charge on any atom is -0.462 e. The zero-order valence-corrected chi connectivity index (χ0v) is 32.2. The van der Waals surface area contributed by atoms with Gasteiger partial charge in [-0.3, -0.25) is 5.32 Å². The van der Waals surface area contributed by atoms with Crippen molar-refractivity contribution in [2.45, 2.75) is 90.4 Å². The number of anilines is 2. The van der Waals surface area contributed by atoms with Gasteiger partial charge < -0.3 is 28.9 Å². The van der Waals surface area contributed by atoms with E-state index in [2.05, 4.69) is 27.2 Å². The van der Waals surface area contributed by atoms with E-state index in [0.29, 0.717) is 55.1 Å². The minimum atomic E-state index is -0.744. The van der Waals surface area contributed by atoms with Gasteiger partial charge in [0.2, 0.25) is 0 Å². The number of rotatable bonds is 7. The number of hydrogen-bond donors (Lipinski definition) is 1. The van der Waals surface area contributed by atoms with E-state index < -0.39 is 28.9 Å². The molecule has 7 rings (SSSR count). The van der Waals surface area contributed by atoms with E-state index in [4.69, 9.17) is 19.2 Å². The van der Waals surface area contributed by atoms with Crippen LogP contribution in [-0.4, -0.2) is 101 Å². The van der Waals surface area contributed by atoms with E-state index in [9.17, 15) is 9.59 Å². The molecule has 1 unspecified atom stereocenters. The average Bonchev–Trinajstić information content (AvgIpc) is 3.71.